The van der Waals surface area contributed by atoms with Crippen molar-refractivity contribution in [1.82, 2.24) is 0 Å². The van der Waals surface area contributed by atoms with E-state index in [0.717, 1.165) is 16.8 Å². The fourth-order valence-electron chi connectivity index (χ4n) is 2.59. The first-order chi connectivity index (χ1) is 9.28. The normalized spacial score (nSPS) is 11.2. The Balaban J connectivity index is 3.21. The number of nitrogens with two attached hydrogens (primary N) is 1. The molecule has 0 heterocycles. The first-order valence-corrected chi connectivity index (χ1v) is 7.35. The summed E-state index contributed by atoms with van der Waals surface area (Å²) in [6.45, 7) is 7.95. The number of nitrogens with zero attached hydrogens (tertiary/aromatic N) is 1. The fourth-order valence-corrected chi connectivity index (χ4v) is 2.96. The van der Waals surface area contributed by atoms with E-state index >= 15 is 0 Å². The van der Waals surface area contributed by atoms with Gasteiger partial charge in [0.05, 0.1) is 10.4 Å². The summed E-state index contributed by atoms with van der Waals surface area (Å²) in [5.74, 6) is -0.0278. The van der Waals surface area contributed by atoms with Crippen LogP contribution in [-0.4, -0.2) is 17.9 Å². The molecule has 0 aliphatic heterocycles. The van der Waals surface area contributed by atoms with E-state index in [1.165, 1.54) is 0 Å². The van der Waals surface area contributed by atoms with Crippen molar-refractivity contribution in [2.75, 3.05) is 11.9 Å². The van der Waals surface area contributed by atoms with E-state index in [0.29, 0.717) is 12.8 Å². The second-order valence-electron chi connectivity index (χ2n) is 5.36. The molecule has 0 spiro atoms. The molecule has 0 fully saturated rings. The molecule has 1 amide bonds. The lowest BCUT2D eigenvalue weighted by atomic mass is 9.80. The highest BCUT2D eigenvalue weighted by molar-refractivity contribution is 7.80. The highest BCUT2D eigenvalue weighted by Crippen LogP contribution is 2.31. The average molecular weight is 292 g/mol. The molecule has 0 aliphatic rings. The molecular weight excluding hydrogens is 268 g/mol. The van der Waals surface area contributed by atoms with Crippen LogP contribution in [0, 0.1) is 19.3 Å². The average Bonchev–Trinajstić information content (AvgIpc) is 2.38. The molecule has 3 nitrogen and oxygen atoms in total. The summed E-state index contributed by atoms with van der Waals surface area (Å²) < 4.78 is 0. The number of amides is 1. The number of carbonyl (C=O) groups excluding carboxylic acids is 1. The number of aryl methyl sites for hydroxylation is 2. The third kappa shape index (κ3) is 3.01. The van der Waals surface area contributed by atoms with Crippen molar-refractivity contribution >= 4 is 28.8 Å². The van der Waals surface area contributed by atoms with Crippen molar-refractivity contribution in [2.24, 2.45) is 11.1 Å². The zero-order valence-corrected chi connectivity index (χ0v) is 13.8. The molecule has 2 N–H and O–H groups in total. The second-order valence-corrected chi connectivity index (χ2v) is 5.80. The summed E-state index contributed by atoms with van der Waals surface area (Å²) in [5.41, 5.74) is 8.26. The minimum atomic E-state index is -0.748. The van der Waals surface area contributed by atoms with Gasteiger partial charge in [0.2, 0.25) is 5.91 Å². The summed E-state index contributed by atoms with van der Waals surface area (Å²) in [6.07, 6.45) is 1.24. The van der Waals surface area contributed by atoms with E-state index in [9.17, 15) is 4.79 Å². The summed E-state index contributed by atoms with van der Waals surface area (Å²) in [7, 11) is 1.79. The first kappa shape index (κ1) is 16.6. The molecule has 1 aromatic rings. The number of rotatable bonds is 5. The number of hydrogen-bond donors (Lipinski definition) is 1. The van der Waals surface area contributed by atoms with Gasteiger partial charge in [0, 0.05) is 12.7 Å². The number of anilines is 1. The van der Waals surface area contributed by atoms with Crippen molar-refractivity contribution in [3.63, 3.8) is 0 Å². The van der Waals surface area contributed by atoms with Crippen molar-refractivity contribution < 1.29 is 4.79 Å². The largest absolute Gasteiger partial charge is 0.392 e. The molecule has 20 heavy (non-hydrogen) atoms. The number of thiocarbonyl (C=S) groups is 1. The van der Waals surface area contributed by atoms with Crippen LogP contribution in [0.2, 0.25) is 0 Å². The van der Waals surface area contributed by atoms with Gasteiger partial charge in [0.1, 0.15) is 0 Å². The minimum absolute atomic E-state index is 0.0278. The molecule has 0 saturated carbocycles. The van der Waals surface area contributed by atoms with Crippen LogP contribution < -0.4 is 10.6 Å². The van der Waals surface area contributed by atoms with Gasteiger partial charge in [0.15, 0.2) is 0 Å². The van der Waals surface area contributed by atoms with Crippen LogP contribution in [0.1, 0.15) is 37.8 Å². The summed E-state index contributed by atoms with van der Waals surface area (Å²) in [4.78, 5) is 14.8. The Hall–Kier alpha value is -1.42. The molecule has 0 atom stereocenters. The highest BCUT2D eigenvalue weighted by atomic mass is 32.1. The quantitative estimate of drug-likeness (QED) is 0.847. The molecule has 4 heteroatoms. The maximum Gasteiger partial charge on any atom is 0.239 e. The van der Waals surface area contributed by atoms with E-state index < -0.39 is 5.41 Å². The number of benzene rings is 1. The van der Waals surface area contributed by atoms with Crippen LogP contribution >= 0.6 is 12.2 Å². The molecule has 0 aromatic heterocycles. The maximum atomic E-state index is 12.9. The number of hydrogen-bond acceptors (Lipinski definition) is 2. The molecule has 0 aliphatic carbocycles. The van der Waals surface area contributed by atoms with Gasteiger partial charge in [-0.1, -0.05) is 32.1 Å². The predicted molar refractivity (Wildman–Crippen MR) is 89.1 cm³/mol. The first-order valence-electron chi connectivity index (χ1n) is 6.94. The van der Waals surface area contributed by atoms with Crippen LogP contribution in [0.5, 0.6) is 0 Å². The third-order valence-electron chi connectivity index (χ3n) is 3.99. The predicted octanol–water partition coefficient (Wildman–Crippen LogP) is 3.36. The second kappa shape index (κ2) is 6.35. The molecule has 0 unspecified atom stereocenters. The molecular formula is C16H24N2OS. The van der Waals surface area contributed by atoms with Gasteiger partial charge in [-0.3, -0.25) is 4.79 Å². The lowest BCUT2D eigenvalue weighted by molar-refractivity contribution is -0.124. The van der Waals surface area contributed by atoms with Crippen LogP contribution in [0.15, 0.2) is 18.2 Å². The van der Waals surface area contributed by atoms with Gasteiger partial charge in [-0.15, -0.1) is 0 Å². The minimum Gasteiger partial charge on any atom is -0.392 e. The van der Waals surface area contributed by atoms with Gasteiger partial charge in [-0.2, -0.15) is 0 Å². The summed E-state index contributed by atoms with van der Waals surface area (Å²) in [6, 6.07) is 6.09. The van der Waals surface area contributed by atoms with E-state index in [4.69, 9.17) is 18.0 Å². The lowest BCUT2D eigenvalue weighted by Crippen LogP contribution is -2.49. The van der Waals surface area contributed by atoms with Crippen LogP contribution in [-0.2, 0) is 4.79 Å². The SMILES string of the molecule is CCC(CC)(C(=O)N(C)c1cc(C)cc(C)c1)C(N)=S. The standard InChI is InChI=1S/C16H24N2OS/c1-6-16(7-2,14(17)20)15(19)18(5)13-9-11(3)8-12(4)10-13/h8-10H,6-7H2,1-5H3,(H2,17,20). The van der Waals surface area contributed by atoms with Gasteiger partial charge < -0.3 is 10.6 Å². The fraction of sp³-hybridized carbons (Fsp3) is 0.500. The van der Waals surface area contributed by atoms with Gasteiger partial charge >= 0.3 is 0 Å². The Labute approximate surface area is 127 Å². The third-order valence-corrected chi connectivity index (χ3v) is 4.38. The Morgan fingerprint density at radius 2 is 1.65 bits per heavy atom. The Morgan fingerprint density at radius 1 is 1.20 bits per heavy atom. The number of carbonyl (C=O) groups is 1. The van der Waals surface area contributed by atoms with E-state index in [1.54, 1.807) is 11.9 Å². The monoisotopic (exact) mass is 292 g/mol. The highest BCUT2D eigenvalue weighted by Gasteiger charge is 2.40. The lowest BCUT2D eigenvalue weighted by Gasteiger charge is -2.33. The van der Waals surface area contributed by atoms with Gasteiger partial charge in [-0.05, 0) is 49.9 Å². The van der Waals surface area contributed by atoms with Crippen molar-refractivity contribution in [3.05, 3.63) is 29.3 Å². The molecule has 1 aromatic carbocycles. The topological polar surface area (TPSA) is 46.3 Å². The Morgan fingerprint density at radius 3 is 2.00 bits per heavy atom. The van der Waals surface area contributed by atoms with Crippen molar-refractivity contribution in [2.45, 2.75) is 40.5 Å². The Bertz CT molecular complexity index is 501. The van der Waals surface area contributed by atoms with Gasteiger partial charge in [0.25, 0.3) is 0 Å². The zero-order chi connectivity index (χ0) is 15.5. The van der Waals surface area contributed by atoms with E-state index in [-0.39, 0.29) is 10.9 Å². The smallest absolute Gasteiger partial charge is 0.239 e. The zero-order valence-electron chi connectivity index (χ0n) is 13.0. The van der Waals surface area contributed by atoms with Crippen molar-refractivity contribution in [1.29, 1.82) is 0 Å². The van der Waals surface area contributed by atoms with E-state index in [1.807, 2.05) is 39.8 Å². The molecule has 0 bridgehead atoms. The maximum absolute atomic E-state index is 12.9. The Kier molecular flexibility index (Phi) is 5.28. The summed E-state index contributed by atoms with van der Waals surface area (Å²) >= 11 is 5.15. The van der Waals surface area contributed by atoms with Crippen molar-refractivity contribution in [3.8, 4) is 0 Å². The van der Waals surface area contributed by atoms with E-state index in [2.05, 4.69) is 6.07 Å². The molecule has 110 valence electrons. The molecule has 0 radical (unpaired) electrons. The van der Waals surface area contributed by atoms with Crippen LogP contribution in [0.25, 0.3) is 0 Å². The van der Waals surface area contributed by atoms with Gasteiger partial charge in [-0.25, -0.2) is 0 Å². The van der Waals surface area contributed by atoms with Crippen LogP contribution in [0.3, 0.4) is 0 Å². The van der Waals surface area contributed by atoms with Crippen LogP contribution in [0.4, 0.5) is 5.69 Å². The molecule has 0 saturated heterocycles. The molecule has 1 rings (SSSR count). The summed E-state index contributed by atoms with van der Waals surface area (Å²) in [5, 5.41) is 0.